The molecule has 0 aliphatic carbocycles. The summed E-state index contributed by atoms with van der Waals surface area (Å²) in [6.07, 6.45) is 6.59. The van der Waals surface area contributed by atoms with Gasteiger partial charge in [0.25, 0.3) is 11.8 Å². The quantitative estimate of drug-likeness (QED) is 0.877. The number of carbonyl (C=O) groups is 2. The highest BCUT2D eigenvalue weighted by atomic mass is 16.5. The summed E-state index contributed by atoms with van der Waals surface area (Å²) < 4.78 is 11.4. The van der Waals surface area contributed by atoms with Crippen molar-refractivity contribution in [1.82, 2.24) is 15.2 Å². The van der Waals surface area contributed by atoms with Gasteiger partial charge in [-0.25, -0.2) is 0 Å². The first-order chi connectivity index (χ1) is 13.7. The Kier molecular flexibility index (Phi) is 5.43. The summed E-state index contributed by atoms with van der Waals surface area (Å²) in [6.45, 7) is 2.63. The zero-order chi connectivity index (χ0) is 19.4. The van der Waals surface area contributed by atoms with Gasteiger partial charge in [0.1, 0.15) is 5.69 Å². The molecule has 0 aromatic carbocycles. The second-order valence-corrected chi connectivity index (χ2v) is 7.58. The van der Waals surface area contributed by atoms with Crippen molar-refractivity contribution in [2.24, 2.45) is 5.92 Å². The van der Waals surface area contributed by atoms with Gasteiger partial charge in [-0.3, -0.25) is 14.6 Å². The first kappa shape index (κ1) is 18.7. The Morgan fingerprint density at radius 3 is 2.79 bits per heavy atom. The highest BCUT2D eigenvalue weighted by molar-refractivity contribution is 5.92. The molecule has 7 heteroatoms. The van der Waals surface area contributed by atoms with E-state index in [-0.39, 0.29) is 17.4 Å². The molecule has 4 heterocycles. The van der Waals surface area contributed by atoms with Crippen LogP contribution in [0, 0.1) is 5.92 Å². The zero-order valence-electron chi connectivity index (χ0n) is 15.8. The number of furan rings is 1. The lowest BCUT2D eigenvalue weighted by Crippen LogP contribution is -2.51. The van der Waals surface area contributed by atoms with Gasteiger partial charge in [0, 0.05) is 32.4 Å². The molecule has 4 rings (SSSR count). The molecule has 148 valence electrons. The molecule has 0 saturated carbocycles. The molecule has 7 nitrogen and oxygen atoms in total. The van der Waals surface area contributed by atoms with E-state index in [1.807, 2.05) is 11.0 Å². The summed E-state index contributed by atoms with van der Waals surface area (Å²) in [5.74, 6) is 0.555. The molecule has 1 unspecified atom stereocenters. The lowest BCUT2D eigenvalue weighted by Gasteiger charge is -2.46. The van der Waals surface area contributed by atoms with Crippen LogP contribution in [0.2, 0.25) is 0 Å². The number of nitrogens with one attached hydrogen (secondary N) is 1. The molecule has 2 aliphatic rings. The van der Waals surface area contributed by atoms with Crippen molar-refractivity contribution in [3.05, 3.63) is 54.2 Å². The maximum atomic E-state index is 12.4. The fourth-order valence-corrected chi connectivity index (χ4v) is 4.15. The lowest BCUT2D eigenvalue weighted by molar-refractivity contribution is -0.123. The van der Waals surface area contributed by atoms with Gasteiger partial charge in [-0.05, 0) is 55.9 Å². The number of hydrogen-bond donors (Lipinski definition) is 1. The van der Waals surface area contributed by atoms with Gasteiger partial charge in [-0.15, -0.1) is 0 Å². The van der Waals surface area contributed by atoms with Gasteiger partial charge >= 0.3 is 0 Å². The molecule has 1 atom stereocenters. The van der Waals surface area contributed by atoms with Crippen LogP contribution in [0.15, 0.2) is 47.2 Å². The van der Waals surface area contributed by atoms with Gasteiger partial charge in [-0.1, -0.05) is 6.07 Å². The highest BCUT2D eigenvalue weighted by Gasteiger charge is 2.41. The van der Waals surface area contributed by atoms with Crippen molar-refractivity contribution in [3.63, 3.8) is 0 Å². The molecule has 0 bridgehead atoms. The standard InChI is InChI=1S/C21H25N3O4/c25-19(17-4-1-2-9-22-17)23-15-16-6-13-28-21(14-16)7-10-24(11-8-21)20(26)18-5-3-12-27-18/h1-5,9,12,16H,6-8,10-11,13-15H2,(H,23,25). The molecule has 2 saturated heterocycles. The number of rotatable bonds is 4. The van der Waals surface area contributed by atoms with Gasteiger partial charge in [0.05, 0.1) is 11.9 Å². The molecule has 2 aromatic rings. The molecule has 2 amide bonds. The maximum absolute atomic E-state index is 12.4. The first-order valence-electron chi connectivity index (χ1n) is 9.81. The van der Waals surface area contributed by atoms with Crippen molar-refractivity contribution < 1.29 is 18.7 Å². The number of amides is 2. The van der Waals surface area contributed by atoms with Crippen molar-refractivity contribution in [2.75, 3.05) is 26.2 Å². The Labute approximate surface area is 164 Å². The van der Waals surface area contributed by atoms with E-state index in [9.17, 15) is 9.59 Å². The van der Waals surface area contributed by atoms with E-state index >= 15 is 0 Å². The Morgan fingerprint density at radius 2 is 2.07 bits per heavy atom. The van der Waals surface area contributed by atoms with Crippen LogP contribution >= 0.6 is 0 Å². The monoisotopic (exact) mass is 383 g/mol. The number of pyridine rings is 1. The molecule has 2 aromatic heterocycles. The van der Waals surface area contributed by atoms with E-state index < -0.39 is 0 Å². The van der Waals surface area contributed by atoms with Gasteiger partial charge < -0.3 is 19.4 Å². The largest absolute Gasteiger partial charge is 0.459 e. The topological polar surface area (TPSA) is 84.7 Å². The fourth-order valence-electron chi connectivity index (χ4n) is 4.15. The average Bonchev–Trinajstić information content (AvgIpc) is 3.28. The van der Waals surface area contributed by atoms with Crippen LogP contribution in [0.3, 0.4) is 0 Å². The van der Waals surface area contributed by atoms with Crippen LogP contribution < -0.4 is 5.32 Å². The van der Waals surface area contributed by atoms with Crippen molar-refractivity contribution in [1.29, 1.82) is 0 Å². The molecule has 2 aliphatic heterocycles. The summed E-state index contributed by atoms with van der Waals surface area (Å²) in [6, 6.07) is 8.74. The van der Waals surface area contributed by atoms with Gasteiger partial charge in [0.15, 0.2) is 5.76 Å². The van der Waals surface area contributed by atoms with Crippen LogP contribution in [-0.2, 0) is 4.74 Å². The Balaban J connectivity index is 1.29. The minimum Gasteiger partial charge on any atom is -0.459 e. The van der Waals surface area contributed by atoms with E-state index in [1.165, 1.54) is 6.26 Å². The molecule has 2 fully saturated rings. The van der Waals surface area contributed by atoms with Crippen molar-refractivity contribution in [3.8, 4) is 0 Å². The van der Waals surface area contributed by atoms with E-state index in [2.05, 4.69) is 10.3 Å². The third-order valence-corrected chi connectivity index (χ3v) is 5.74. The second kappa shape index (κ2) is 8.14. The third-order valence-electron chi connectivity index (χ3n) is 5.74. The van der Waals surface area contributed by atoms with E-state index in [1.54, 1.807) is 30.5 Å². The summed E-state index contributed by atoms with van der Waals surface area (Å²) in [7, 11) is 0. The van der Waals surface area contributed by atoms with Crippen LogP contribution in [0.4, 0.5) is 0 Å². The summed E-state index contributed by atoms with van der Waals surface area (Å²) in [5, 5.41) is 3.00. The van der Waals surface area contributed by atoms with E-state index in [4.69, 9.17) is 9.15 Å². The lowest BCUT2D eigenvalue weighted by atomic mass is 9.79. The molecule has 1 N–H and O–H groups in total. The number of ether oxygens (including phenoxy) is 1. The van der Waals surface area contributed by atoms with Crippen molar-refractivity contribution in [2.45, 2.75) is 31.3 Å². The molecule has 28 heavy (non-hydrogen) atoms. The average molecular weight is 383 g/mol. The highest BCUT2D eigenvalue weighted by Crippen LogP contribution is 2.37. The van der Waals surface area contributed by atoms with Crippen LogP contribution in [0.1, 0.15) is 46.7 Å². The van der Waals surface area contributed by atoms with Gasteiger partial charge in [0.2, 0.25) is 0 Å². The predicted molar refractivity (Wildman–Crippen MR) is 102 cm³/mol. The fraction of sp³-hybridized carbons (Fsp3) is 0.476. The minimum atomic E-state index is -0.196. The van der Waals surface area contributed by atoms with E-state index in [0.717, 1.165) is 25.7 Å². The minimum absolute atomic E-state index is 0.0603. The predicted octanol–water partition coefficient (Wildman–Crippen LogP) is 2.51. The van der Waals surface area contributed by atoms with Gasteiger partial charge in [-0.2, -0.15) is 0 Å². The molecular weight excluding hydrogens is 358 g/mol. The number of hydrogen-bond acceptors (Lipinski definition) is 5. The second-order valence-electron chi connectivity index (χ2n) is 7.58. The van der Waals surface area contributed by atoms with E-state index in [0.29, 0.717) is 43.6 Å². The van der Waals surface area contributed by atoms with Crippen LogP contribution in [0.25, 0.3) is 0 Å². The maximum Gasteiger partial charge on any atom is 0.289 e. The SMILES string of the molecule is O=C(NCC1CCOC2(CCN(C(=O)c3ccco3)CC2)C1)c1ccccn1. The summed E-state index contributed by atoms with van der Waals surface area (Å²) in [4.78, 5) is 30.6. The van der Waals surface area contributed by atoms with Crippen LogP contribution in [-0.4, -0.2) is 53.5 Å². The number of nitrogens with zero attached hydrogens (tertiary/aromatic N) is 2. The smallest absolute Gasteiger partial charge is 0.289 e. The number of aromatic nitrogens is 1. The Bertz CT molecular complexity index is 798. The number of likely N-dealkylation sites (tertiary alicyclic amines) is 1. The molecular formula is C21H25N3O4. The third kappa shape index (κ3) is 4.09. The number of carbonyl (C=O) groups excluding carboxylic acids is 2. The van der Waals surface area contributed by atoms with Crippen molar-refractivity contribution >= 4 is 11.8 Å². The molecule has 1 spiro atoms. The number of piperidine rings is 1. The first-order valence-corrected chi connectivity index (χ1v) is 9.81. The normalized spacial score (nSPS) is 21.4. The Morgan fingerprint density at radius 1 is 1.21 bits per heavy atom. The summed E-state index contributed by atoms with van der Waals surface area (Å²) >= 11 is 0. The Hall–Kier alpha value is -2.67. The molecule has 0 radical (unpaired) electrons. The van der Waals surface area contributed by atoms with Crippen LogP contribution in [0.5, 0.6) is 0 Å². The summed E-state index contributed by atoms with van der Waals surface area (Å²) in [5.41, 5.74) is 0.243. The zero-order valence-corrected chi connectivity index (χ0v) is 15.8.